The van der Waals surface area contributed by atoms with Crippen molar-refractivity contribution < 1.29 is 9.90 Å². The van der Waals surface area contributed by atoms with Crippen LogP contribution in [0, 0.1) is 0 Å². The van der Waals surface area contributed by atoms with Gasteiger partial charge in [-0.25, -0.2) is 0 Å². The smallest absolute Gasteiger partial charge is 0.219 e. The van der Waals surface area contributed by atoms with Gasteiger partial charge in [-0.05, 0) is 30.2 Å². The molecule has 5 heteroatoms. The largest absolute Gasteiger partial charge is 0.395 e. The van der Waals surface area contributed by atoms with Crippen molar-refractivity contribution in [1.29, 1.82) is 0 Å². The standard InChI is InChI=1S/C23H29N3O2/c1-3-7-17-9-11-18(12-10-17)23-20(14-25-22(28)4-2)26(21(23)16-27)15-19-8-5-6-13-24-19/h3,5-13,20-21,23,27H,4,14-16H2,1-2H3,(H,25,28)/b7-3+/t20-,21+,23-/m1/s1. The maximum Gasteiger partial charge on any atom is 0.219 e. The third-order valence-electron chi connectivity index (χ3n) is 5.45. The lowest BCUT2D eigenvalue weighted by molar-refractivity contribution is -0.122. The first-order valence-corrected chi connectivity index (χ1v) is 9.93. The molecule has 1 amide bonds. The number of aliphatic hydroxyl groups is 1. The number of aromatic nitrogens is 1. The molecule has 0 aliphatic carbocycles. The van der Waals surface area contributed by atoms with Crippen LogP contribution < -0.4 is 5.32 Å². The van der Waals surface area contributed by atoms with Gasteiger partial charge in [0.1, 0.15) is 0 Å². The summed E-state index contributed by atoms with van der Waals surface area (Å²) in [6, 6.07) is 14.5. The lowest BCUT2D eigenvalue weighted by atomic mass is 9.74. The van der Waals surface area contributed by atoms with Crippen molar-refractivity contribution in [3.05, 3.63) is 71.6 Å². The molecule has 1 aliphatic heterocycles. The molecular formula is C23H29N3O2. The lowest BCUT2D eigenvalue weighted by Crippen LogP contribution is -2.66. The summed E-state index contributed by atoms with van der Waals surface area (Å²) in [5.74, 6) is 0.220. The molecule has 0 spiro atoms. The van der Waals surface area contributed by atoms with Gasteiger partial charge in [-0.3, -0.25) is 14.7 Å². The topological polar surface area (TPSA) is 65.5 Å². The average molecular weight is 380 g/mol. The summed E-state index contributed by atoms with van der Waals surface area (Å²) in [6.07, 6.45) is 6.35. The molecule has 0 radical (unpaired) electrons. The van der Waals surface area contributed by atoms with E-state index in [1.165, 1.54) is 5.56 Å². The number of nitrogens with one attached hydrogen (secondary N) is 1. The Hall–Kier alpha value is -2.50. The Labute approximate surface area is 167 Å². The maximum atomic E-state index is 11.8. The number of allylic oxidation sites excluding steroid dienone is 1. The number of likely N-dealkylation sites (tertiary alicyclic amines) is 1. The first-order valence-electron chi connectivity index (χ1n) is 9.93. The van der Waals surface area contributed by atoms with E-state index in [0.717, 1.165) is 11.3 Å². The molecule has 0 saturated carbocycles. The number of amides is 1. The summed E-state index contributed by atoms with van der Waals surface area (Å²) in [6.45, 7) is 5.16. The minimum absolute atomic E-state index is 0.0121. The van der Waals surface area contributed by atoms with Crippen molar-refractivity contribution in [2.75, 3.05) is 13.2 Å². The normalized spacial score (nSPS) is 22.2. The van der Waals surface area contributed by atoms with Gasteiger partial charge in [-0.2, -0.15) is 0 Å². The number of nitrogens with zero attached hydrogens (tertiary/aromatic N) is 2. The molecule has 2 N–H and O–H groups in total. The number of aliphatic hydroxyl groups excluding tert-OH is 1. The molecule has 1 saturated heterocycles. The first-order chi connectivity index (χ1) is 13.7. The summed E-state index contributed by atoms with van der Waals surface area (Å²) in [5.41, 5.74) is 3.32. The highest BCUT2D eigenvalue weighted by Crippen LogP contribution is 2.41. The van der Waals surface area contributed by atoms with E-state index in [4.69, 9.17) is 0 Å². The van der Waals surface area contributed by atoms with E-state index in [9.17, 15) is 9.90 Å². The second-order valence-corrected chi connectivity index (χ2v) is 7.16. The van der Waals surface area contributed by atoms with Crippen LogP contribution >= 0.6 is 0 Å². The van der Waals surface area contributed by atoms with Gasteiger partial charge in [0, 0.05) is 43.7 Å². The maximum absolute atomic E-state index is 11.8. The van der Waals surface area contributed by atoms with Crippen molar-refractivity contribution in [2.24, 2.45) is 0 Å². The zero-order valence-electron chi connectivity index (χ0n) is 16.6. The minimum Gasteiger partial charge on any atom is -0.395 e. The Kier molecular flexibility index (Phi) is 6.95. The molecule has 1 aromatic heterocycles. The first kappa shape index (κ1) is 20.2. The van der Waals surface area contributed by atoms with Gasteiger partial charge in [-0.15, -0.1) is 0 Å². The lowest BCUT2D eigenvalue weighted by Gasteiger charge is -2.55. The van der Waals surface area contributed by atoms with E-state index < -0.39 is 0 Å². The number of hydrogen-bond acceptors (Lipinski definition) is 4. The van der Waals surface area contributed by atoms with E-state index in [-0.39, 0.29) is 30.5 Å². The summed E-state index contributed by atoms with van der Waals surface area (Å²) in [4.78, 5) is 18.5. The van der Waals surface area contributed by atoms with Crippen molar-refractivity contribution in [3.63, 3.8) is 0 Å². The molecule has 0 bridgehead atoms. The van der Waals surface area contributed by atoms with E-state index >= 15 is 0 Å². The molecule has 1 fully saturated rings. The average Bonchev–Trinajstić information content (AvgIpc) is 2.72. The van der Waals surface area contributed by atoms with Crippen LogP contribution in [0.5, 0.6) is 0 Å². The van der Waals surface area contributed by atoms with Crippen LogP contribution in [-0.4, -0.2) is 46.1 Å². The van der Waals surface area contributed by atoms with Crippen molar-refractivity contribution >= 4 is 12.0 Å². The summed E-state index contributed by atoms with van der Waals surface area (Å²) < 4.78 is 0. The van der Waals surface area contributed by atoms with Gasteiger partial charge < -0.3 is 10.4 Å². The highest BCUT2D eigenvalue weighted by molar-refractivity contribution is 5.75. The quantitative estimate of drug-likeness (QED) is 0.740. The fourth-order valence-corrected chi connectivity index (χ4v) is 4.00. The van der Waals surface area contributed by atoms with Gasteiger partial charge in [0.05, 0.1) is 12.3 Å². The number of carbonyl (C=O) groups excluding carboxylic acids is 1. The highest BCUT2D eigenvalue weighted by Gasteiger charge is 2.48. The zero-order valence-corrected chi connectivity index (χ0v) is 16.6. The molecule has 3 rings (SSSR count). The SMILES string of the molecule is C/C=C/c1ccc([C@@H]2[C@@H](CNC(=O)CC)N(Cc3ccccn3)[C@H]2CO)cc1. The second kappa shape index (κ2) is 9.62. The molecule has 5 nitrogen and oxygen atoms in total. The molecule has 1 aromatic carbocycles. The van der Waals surface area contributed by atoms with Crippen molar-refractivity contribution in [1.82, 2.24) is 15.2 Å². The molecule has 148 valence electrons. The highest BCUT2D eigenvalue weighted by atomic mass is 16.3. The number of benzene rings is 1. The Balaban J connectivity index is 1.82. The predicted molar refractivity (Wildman–Crippen MR) is 112 cm³/mol. The van der Waals surface area contributed by atoms with Crippen LogP contribution in [0.2, 0.25) is 0 Å². The summed E-state index contributed by atoms with van der Waals surface area (Å²) >= 11 is 0. The monoisotopic (exact) mass is 379 g/mol. The van der Waals surface area contributed by atoms with E-state index in [2.05, 4.69) is 45.5 Å². The van der Waals surface area contributed by atoms with Crippen LogP contribution in [-0.2, 0) is 11.3 Å². The van der Waals surface area contributed by atoms with Crippen LogP contribution in [0.4, 0.5) is 0 Å². The van der Waals surface area contributed by atoms with Crippen molar-refractivity contribution in [2.45, 2.75) is 44.8 Å². The molecule has 2 aromatic rings. The second-order valence-electron chi connectivity index (χ2n) is 7.16. The van der Waals surface area contributed by atoms with E-state index in [0.29, 0.717) is 19.5 Å². The van der Waals surface area contributed by atoms with Crippen molar-refractivity contribution in [3.8, 4) is 0 Å². The van der Waals surface area contributed by atoms with Gasteiger partial charge >= 0.3 is 0 Å². The van der Waals surface area contributed by atoms with Gasteiger partial charge in [0.2, 0.25) is 5.91 Å². The Morgan fingerprint density at radius 2 is 2.00 bits per heavy atom. The van der Waals surface area contributed by atoms with Crippen LogP contribution in [0.3, 0.4) is 0 Å². The van der Waals surface area contributed by atoms with Gasteiger partial charge in [0.25, 0.3) is 0 Å². The molecule has 3 atom stereocenters. The molecule has 28 heavy (non-hydrogen) atoms. The van der Waals surface area contributed by atoms with Gasteiger partial charge in [-0.1, -0.05) is 49.4 Å². The molecule has 2 heterocycles. The summed E-state index contributed by atoms with van der Waals surface area (Å²) in [5, 5.41) is 13.1. The fourth-order valence-electron chi connectivity index (χ4n) is 4.00. The van der Waals surface area contributed by atoms with Crippen LogP contribution in [0.15, 0.2) is 54.7 Å². The number of pyridine rings is 1. The van der Waals surface area contributed by atoms with Gasteiger partial charge in [0.15, 0.2) is 0 Å². The predicted octanol–water partition coefficient (Wildman–Crippen LogP) is 2.97. The van der Waals surface area contributed by atoms with Crippen LogP contribution in [0.1, 0.15) is 43.0 Å². The Morgan fingerprint density at radius 3 is 2.61 bits per heavy atom. The zero-order chi connectivity index (χ0) is 19.9. The Bertz CT molecular complexity index is 789. The van der Waals surface area contributed by atoms with Crippen LogP contribution in [0.25, 0.3) is 6.08 Å². The number of rotatable bonds is 8. The number of hydrogen-bond donors (Lipinski definition) is 2. The summed E-state index contributed by atoms with van der Waals surface area (Å²) in [7, 11) is 0. The number of carbonyl (C=O) groups is 1. The molecular weight excluding hydrogens is 350 g/mol. The third-order valence-corrected chi connectivity index (χ3v) is 5.45. The third kappa shape index (κ3) is 4.49. The van der Waals surface area contributed by atoms with E-state index in [1.54, 1.807) is 6.20 Å². The minimum atomic E-state index is 0.0121. The molecule has 0 unspecified atom stereocenters. The molecule has 1 aliphatic rings. The van der Waals surface area contributed by atoms with E-state index in [1.807, 2.05) is 38.1 Å². The fraction of sp³-hybridized carbons (Fsp3) is 0.391. The Morgan fingerprint density at radius 1 is 1.21 bits per heavy atom.